The molecule has 1 unspecified atom stereocenters. The Labute approximate surface area is 151 Å². The number of urea groups is 1. The van der Waals surface area contributed by atoms with Gasteiger partial charge in [-0.25, -0.2) is 9.18 Å². The van der Waals surface area contributed by atoms with Crippen LogP contribution < -0.4 is 5.32 Å². The minimum absolute atomic E-state index is 0.106. The summed E-state index contributed by atoms with van der Waals surface area (Å²) in [7, 11) is -3.76. The van der Waals surface area contributed by atoms with E-state index >= 15 is 0 Å². The van der Waals surface area contributed by atoms with E-state index in [1.54, 1.807) is 6.07 Å². The minimum atomic E-state index is -3.76. The van der Waals surface area contributed by atoms with Crippen LogP contribution in [0, 0.1) is 24.1 Å². The lowest BCUT2D eigenvalue weighted by Crippen LogP contribution is -2.49. The molecule has 1 heterocycles. The number of aliphatic hydroxyl groups is 1. The van der Waals surface area contributed by atoms with Crippen molar-refractivity contribution in [2.75, 3.05) is 18.1 Å². The molecule has 1 aromatic carbocycles. The molecule has 0 bridgehead atoms. The molecular formula is C16H20FN3O5S. The van der Waals surface area contributed by atoms with Crippen molar-refractivity contribution in [3.8, 4) is 6.07 Å². The molecule has 1 aliphatic heterocycles. The first-order valence-corrected chi connectivity index (χ1v) is 9.70. The number of carbonyl (C=O) groups excluding carboxylic acids is 1. The van der Waals surface area contributed by atoms with E-state index in [-0.39, 0.29) is 29.8 Å². The number of benzene rings is 1. The number of aliphatic hydroxyl groups excluding tert-OH is 1. The number of hydrogen-bond donors (Lipinski definition) is 2. The van der Waals surface area contributed by atoms with E-state index < -0.39 is 40.2 Å². The predicted molar refractivity (Wildman–Crippen MR) is 91.4 cm³/mol. The van der Waals surface area contributed by atoms with Crippen molar-refractivity contribution in [1.82, 2.24) is 4.90 Å². The fourth-order valence-electron chi connectivity index (χ4n) is 3.03. The zero-order chi connectivity index (χ0) is 19.6. The summed E-state index contributed by atoms with van der Waals surface area (Å²) in [5, 5.41) is 21.5. The zero-order valence-electron chi connectivity index (χ0n) is 14.6. The van der Waals surface area contributed by atoms with Crippen LogP contribution in [-0.2, 0) is 14.3 Å². The monoisotopic (exact) mass is 385 g/mol. The van der Waals surface area contributed by atoms with Crippen LogP contribution in [0.4, 0.5) is 14.9 Å². The van der Waals surface area contributed by atoms with Gasteiger partial charge in [-0.15, -0.1) is 0 Å². The second-order valence-electron chi connectivity index (χ2n) is 6.19. The van der Waals surface area contributed by atoms with E-state index in [1.165, 1.54) is 30.9 Å². The number of hydrogen-bond acceptors (Lipinski definition) is 6. The maximum Gasteiger partial charge on any atom is 0.322 e. The van der Waals surface area contributed by atoms with Gasteiger partial charge < -0.3 is 15.3 Å². The van der Waals surface area contributed by atoms with Crippen LogP contribution in [0.25, 0.3) is 0 Å². The van der Waals surface area contributed by atoms with Gasteiger partial charge in [-0.1, -0.05) is 0 Å². The van der Waals surface area contributed by atoms with Crippen molar-refractivity contribution in [3.63, 3.8) is 0 Å². The van der Waals surface area contributed by atoms with E-state index in [4.69, 9.17) is 9.44 Å². The predicted octanol–water partition coefficient (Wildman–Crippen LogP) is 1.34. The number of nitriles is 1. The van der Waals surface area contributed by atoms with Crippen LogP contribution in [0.3, 0.4) is 0 Å². The molecule has 0 saturated carbocycles. The minimum Gasteiger partial charge on any atom is -0.391 e. The van der Waals surface area contributed by atoms with Gasteiger partial charge in [0, 0.05) is 17.8 Å². The first-order valence-electron chi connectivity index (χ1n) is 7.88. The molecule has 8 nitrogen and oxygen atoms in total. The second kappa shape index (κ2) is 7.57. The van der Waals surface area contributed by atoms with E-state index in [2.05, 4.69) is 5.32 Å². The largest absolute Gasteiger partial charge is 0.391 e. The number of nitrogens with zero attached hydrogens (tertiary/aromatic N) is 2. The maximum atomic E-state index is 14.0. The standard InChI is InChI=1S/C16H20FN3O5S/c1-9-12(5-4-11(8-18)14(9)17)19-16(22)20-7-6-13(21)15(20)10(2)25-26(3,23)24/h4-5,10,13,15,21H,6-7H2,1-3H3,(H,19,22)/t10-,13?,15+/m0/s1. The van der Waals surface area contributed by atoms with E-state index in [0.29, 0.717) is 0 Å². The van der Waals surface area contributed by atoms with Gasteiger partial charge in [-0.05, 0) is 32.4 Å². The van der Waals surface area contributed by atoms with Crippen LogP contribution >= 0.6 is 0 Å². The van der Waals surface area contributed by atoms with Gasteiger partial charge in [0.2, 0.25) is 0 Å². The van der Waals surface area contributed by atoms with Gasteiger partial charge in [0.25, 0.3) is 10.1 Å². The highest BCUT2D eigenvalue weighted by atomic mass is 32.2. The number of halogens is 1. The number of rotatable bonds is 4. The zero-order valence-corrected chi connectivity index (χ0v) is 15.4. The molecule has 3 atom stereocenters. The maximum absolute atomic E-state index is 14.0. The highest BCUT2D eigenvalue weighted by Gasteiger charge is 2.41. The molecule has 10 heteroatoms. The average Bonchev–Trinajstić information content (AvgIpc) is 2.92. The summed E-state index contributed by atoms with van der Waals surface area (Å²) in [5.74, 6) is -0.725. The summed E-state index contributed by atoms with van der Waals surface area (Å²) < 4.78 is 41.6. The SMILES string of the molecule is Cc1c(NC(=O)N2CCC(O)[C@H]2[C@H](C)OS(C)(=O)=O)ccc(C#N)c1F. The lowest BCUT2D eigenvalue weighted by atomic mass is 10.1. The summed E-state index contributed by atoms with van der Waals surface area (Å²) in [5.41, 5.74) is 0.155. The van der Waals surface area contributed by atoms with E-state index in [1.807, 2.05) is 0 Å². The number of anilines is 1. The number of likely N-dealkylation sites (tertiary alicyclic amines) is 1. The van der Waals surface area contributed by atoms with Gasteiger partial charge >= 0.3 is 6.03 Å². The number of amides is 2. The van der Waals surface area contributed by atoms with Crippen molar-refractivity contribution in [2.24, 2.45) is 0 Å². The van der Waals surface area contributed by atoms with E-state index in [0.717, 1.165) is 6.26 Å². The summed E-state index contributed by atoms with van der Waals surface area (Å²) in [6.45, 7) is 3.07. The Morgan fingerprint density at radius 3 is 2.77 bits per heavy atom. The second-order valence-corrected chi connectivity index (χ2v) is 7.79. The third-order valence-corrected chi connectivity index (χ3v) is 4.89. The molecule has 2 N–H and O–H groups in total. The quantitative estimate of drug-likeness (QED) is 0.755. The van der Waals surface area contributed by atoms with Crippen LogP contribution in [0.1, 0.15) is 24.5 Å². The van der Waals surface area contributed by atoms with Crippen molar-refractivity contribution in [3.05, 3.63) is 29.1 Å². The Morgan fingerprint density at radius 1 is 1.54 bits per heavy atom. The van der Waals surface area contributed by atoms with Crippen molar-refractivity contribution in [2.45, 2.75) is 38.5 Å². The number of nitrogens with one attached hydrogen (secondary N) is 1. The molecule has 142 valence electrons. The summed E-state index contributed by atoms with van der Waals surface area (Å²) in [6, 6.07) is 2.89. The Bertz CT molecular complexity index is 852. The summed E-state index contributed by atoms with van der Waals surface area (Å²) in [4.78, 5) is 13.8. The van der Waals surface area contributed by atoms with Gasteiger partial charge in [-0.3, -0.25) is 4.18 Å². The van der Waals surface area contributed by atoms with Crippen molar-refractivity contribution >= 4 is 21.8 Å². The third kappa shape index (κ3) is 4.30. The van der Waals surface area contributed by atoms with E-state index in [9.17, 15) is 22.7 Å². The molecular weight excluding hydrogens is 365 g/mol. The van der Waals surface area contributed by atoms with Crippen LogP contribution in [-0.4, -0.2) is 55.5 Å². The Kier molecular flexibility index (Phi) is 5.85. The average molecular weight is 385 g/mol. The lowest BCUT2D eigenvalue weighted by Gasteiger charge is -2.30. The molecule has 1 aliphatic rings. The molecule has 0 spiro atoms. The first kappa shape index (κ1) is 20.1. The fraction of sp³-hybridized carbons (Fsp3) is 0.500. The Morgan fingerprint density at radius 2 is 2.19 bits per heavy atom. The molecule has 0 radical (unpaired) electrons. The first-order chi connectivity index (χ1) is 12.0. The summed E-state index contributed by atoms with van der Waals surface area (Å²) >= 11 is 0. The van der Waals surface area contributed by atoms with Gasteiger partial charge in [0.1, 0.15) is 11.9 Å². The molecule has 26 heavy (non-hydrogen) atoms. The lowest BCUT2D eigenvalue weighted by molar-refractivity contribution is 0.0549. The topological polar surface area (TPSA) is 120 Å². The van der Waals surface area contributed by atoms with Crippen LogP contribution in [0.5, 0.6) is 0 Å². The molecule has 2 rings (SSSR count). The molecule has 0 aromatic heterocycles. The molecule has 0 aliphatic carbocycles. The molecule has 2 amide bonds. The Hall–Kier alpha value is -2.22. The number of carbonyl (C=O) groups is 1. The molecule has 1 fully saturated rings. The third-order valence-electron chi connectivity index (χ3n) is 4.24. The molecule has 1 saturated heterocycles. The van der Waals surface area contributed by atoms with Gasteiger partial charge in [0.05, 0.1) is 30.1 Å². The highest BCUT2D eigenvalue weighted by Crippen LogP contribution is 2.26. The highest BCUT2D eigenvalue weighted by molar-refractivity contribution is 7.86. The Balaban J connectivity index is 2.21. The summed E-state index contributed by atoms with van der Waals surface area (Å²) in [6.07, 6.45) is -0.752. The van der Waals surface area contributed by atoms with Crippen molar-refractivity contribution < 1.29 is 26.9 Å². The van der Waals surface area contributed by atoms with Crippen LogP contribution in [0.15, 0.2) is 12.1 Å². The smallest absolute Gasteiger partial charge is 0.322 e. The molecule has 1 aromatic rings. The van der Waals surface area contributed by atoms with Crippen molar-refractivity contribution in [1.29, 1.82) is 5.26 Å². The normalized spacial score (nSPS) is 21.3. The van der Waals surface area contributed by atoms with Gasteiger partial charge in [-0.2, -0.15) is 13.7 Å². The fourth-order valence-corrected chi connectivity index (χ4v) is 3.69. The van der Waals surface area contributed by atoms with Crippen LogP contribution in [0.2, 0.25) is 0 Å². The van der Waals surface area contributed by atoms with Gasteiger partial charge in [0.15, 0.2) is 0 Å².